The number of thioether (sulfide) groups is 1. The molecule has 3 rings (SSSR count). The highest BCUT2D eigenvalue weighted by molar-refractivity contribution is 8.00. The van der Waals surface area contributed by atoms with E-state index in [2.05, 4.69) is 31.3 Å². The largest absolute Gasteiger partial charge is 0.355 e. The molecule has 1 N–H and O–H groups in total. The fraction of sp³-hybridized carbons (Fsp3) is 0.348. The third kappa shape index (κ3) is 4.53. The molecule has 1 aromatic heterocycles. The molecule has 0 radical (unpaired) electrons. The van der Waals surface area contributed by atoms with E-state index in [1.54, 1.807) is 10.6 Å². The number of carbonyl (C=O) groups excluding carboxylic acids is 1. The molecule has 29 heavy (non-hydrogen) atoms. The van der Waals surface area contributed by atoms with E-state index in [4.69, 9.17) is 4.98 Å². The van der Waals surface area contributed by atoms with Crippen molar-refractivity contribution >= 4 is 28.6 Å². The molecule has 6 heteroatoms. The summed E-state index contributed by atoms with van der Waals surface area (Å²) in [5.41, 5.74) is 2.50. The number of para-hydroxylation sites is 1. The summed E-state index contributed by atoms with van der Waals surface area (Å²) < 4.78 is 1.61. The number of amides is 1. The van der Waals surface area contributed by atoms with Crippen molar-refractivity contribution in [3.8, 4) is 5.69 Å². The molecule has 1 amide bonds. The van der Waals surface area contributed by atoms with Gasteiger partial charge in [-0.25, -0.2) is 4.98 Å². The minimum absolute atomic E-state index is 0.0708. The molecule has 5 nitrogen and oxygen atoms in total. The first-order valence-corrected chi connectivity index (χ1v) is 10.9. The third-order valence-electron chi connectivity index (χ3n) is 5.08. The summed E-state index contributed by atoms with van der Waals surface area (Å²) in [6, 6.07) is 15.4. The molecule has 0 unspecified atom stereocenters. The Morgan fingerprint density at radius 1 is 1.10 bits per heavy atom. The van der Waals surface area contributed by atoms with Crippen molar-refractivity contribution < 1.29 is 4.79 Å². The Kier molecular flexibility index (Phi) is 6.75. The van der Waals surface area contributed by atoms with E-state index in [1.807, 2.05) is 44.2 Å². The molecule has 0 aliphatic carbocycles. The Morgan fingerprint density at radius 3 is 2.45 bits per heavy atom. The maximum absolute atomic E-state index is 13.3. The van der Waals surface area contributed by atoms with Gasteiger partial charge in [0.25, 0.3) is 5.56 Å². The molecule has 0 saturated heterocycles. The van der Waals surface area contributed by atoms with Gasteiger partial charge in [0, 0.05) is 6.54 Å². The quantitative estimate of drug-likeness (QED) is 0.460. The average Bonchev–Trinajstić information content (AvgIpc) is 2.74. The van der Waals surface area contributed by atoms with Crippen LogP contribution in [0.4, 0.5) is 0 Å². The molecule has 2 aromatic carbocycles. The number of aromatic nitrogens is 2. The summed E-state index contributed by atoms with van der Waals surface area (Å²) >= 11 is 1.30. The molecular weight excluding hydrogens is 382 g/mol. The monoisotopic (exact) mass is 409 g/mol. The van der Waals surface area contributed by atoms with E-state index < -0.39 is 0 Å². The van der Waals surface area contributed by atoms with Gasteiger partial charge < -0.3 is 5.32 Å². The van der Waals surface area contributed by atoms with Crippen molar-refractivity contribution in [1.82, 2.24) is 14.9 Å². The highest BCUT2D eigenvalue weighted by atomic mass is 32.2. The van der Waals surface area contributed by atoms with Crippen molar-refractivity contribution in [2.75, 3.05) is 6.54 Å². The number of carbonyl (C=O) groups is 1. The normalized spacial score (nSPS) is 13.2. The van der Waals surface area contributed by atoms with E-state index in [-0.39, 0.29) is 16.7 Å². The second-order valence-corrected chi connectivity index (χ2v) is 8.42. The van der Waals surface area contributed by atoms with Gasteiger partial charge in [0.05, 0.1) is 21.8 Å². The lowest BCUT2D eigenvalue weighted by Crippen LogP contribution is -2.31. The van der Waals surface area contributed by atoms with Gasteiger partial charge in [-0.1, -0.05) is 49.9 Å². The molecule has 0 saturated carbocycles. The van der Waals surface area contributed by atoms with Crippen LogP contribution < -0.4 is 10.9 Å². The summed E-state index contributed by atoms with van der Waals surface area (Å²) in [4.78, 5) is 30.3. The first-order chi connectivity index (χ1) is 14.0. The van der Waals surface area contributed by atoms with Crippen LogP contribution in [0.25, 0.3) is 16.6 Å². The lowest BCUT2D eigenvalue weighted by atomic mass is 9.98. The Labute approximate surface area is 175 Å². The highest BCUT2D eigenvalue weighted by Gasteiger charge is 2.20. The van der Waals surface area contributed by atoms with Crippen molar-refractivity contribution in [1.29, 1.82) is 0 Å². The van der Waals surface area contributed by atoms with Crippen molar-refractivity contribution in [3.05, 3.63) is 64.4 Å². The standard InChI is InChI=1S/C23H27N3O2S/c1-5-15(3)17-11-13-18(14-12-17)26-22(28)19-9-7-8-10-20(19)25-23(26)29-16(4)21(27)24-6-2/h7-16H,5-6H2,1-4H3,(H,24,27)/t15-,16-/m0/s1. The van der Waals surface area contributed by atoms with Gasteiger partial charge in [-0.2, -0.15) is 0 Å². The van der Waals surface area contributed by atoms with Gasteiger partial charge in [0.2, 0.25) is 5.91 Å². The Bertz CT molecular complexity index is 1060. The first-order valence-electron chi connectivity index (χ1n) is 10.0. The van der Waals surface area contributed by atoms with Gasteiger partial charge >= 0.3 is 0 Å². The number of nitrogens with one attached hydrogen (secondary N) is 1. The van der Waals surface area contributed by atoms with Crippen LogP contribution in [-0.4, -0.2) is 27.3 Å². The number of hydrogen-bond donors (Lipinski definition) is 1. The van der Waals surface area contributed by atoms with Crippen LogP contribution in [0.1, 0.15) is 45.6 Å². The third-order valence-corrected chi connectivity index (χ3v) is 6.13. The van der Waals surface area contributed by atoms with E-state index in [1.165, 1.54) is 17.3 Å². The lowest BCUT2D eigenvalue weighted by molar-refractivity contribution is -0.120. The molecule has 0 spiro atoms. The van der Waals surface area contributed by atoms with Gasteiger partial charge in [0.1, 0.15) is 0 Å². The number of hydrogen-bond acceptors (Lipinski definition) is 4. The smallest absolute Gasteiger partial charge is 0.266 e. The Morgan fingerprint density at radius 2 is 1.79 bits per heavy atom. The van der Waals surface area contributed by atoms with E-state index in [0.717, 1.165) is 12.1 Å². The van der Waals surface area contributed by atoms with Crippen molar-refractivity contribution in [2.45, 2.75) is 50.4 Å². The van der Waals surface area contributed by atoms with Gasteiger partial charge in [-0.15, -0.1) is 0 Å². The van der Waals surface area contributed by atoms with Crippen molar-refractivity contribution in [2.24, 2.45) is 0 Å². The second-order valence-electron chi connectivity index (χ2n) is 7.11. The molecule has 0 bridgehead atoms. The zero-order valence-electron chi connectivity index (χ0n) is 17.3. The number of fused-ring (bicyclic) bond motifs is 1. The first kappa shape index (κ1) is 21.1. The minimum Gasteiger partial charge on any atom is -0.355 e. The van der Waals surface area contributed by atoms with E-state index >= 15 is 0 Å². The molecule has 3 aromatic rings. The summed E-state index contributed by atoms with van der Waals surface area (Å²) in [6.45, 7) is 8.63. The number of nitrogens with zero attached hydrogens (tertiary/aromatic N) is 2. The molecule has 152 valence electrons. The SMILES string of the molecule is CCNC(=O)[C@H](C)Sc1nc2ccccc2c(=O)n1-c1ccc([C@@H](C)CC)cc1. The zero-order valence-corrected chi connectivity index (χ0v) is 18.1. The lowest BCUT2D eigenvalue weighted by Gasteiger charge is -2.17. The second kappa shape index (κ2) is 9.27. The predicted octanol–water partition coefficient (Wildman–Crippen LogP) is 4.52. The summed E-state index contributed by atoms with van der Waals surface area (Å²) in [6.07, 6.45) is 1.06. The fourth-order valence-corrected chi connectivity index (χ4v) is 4.09. The van der Waals surface area contributed by atoms with Crippen LogP contribution >= 0.6 is 11.8 Å². The van der Waals surface area contributed by atoms with Crippen LogP contribution in [-0.2, 0) is 4.79 Å². The number of benzene rings is 2. The fourth-order valence-electron chi connectivity index (χ4n) is 3.14. The highest BCUT2D eigenvalue weighted by Crippen LogP contribution is 2.26. The maximum atomic E-state index is 13.3. The van der Waals surface area contributed by atoms with Crippen LogP contribution in [0.3, 0.4) is 0 Å². The summed E-state index contributed by atoms with van der Waals surface area (Å²) in [5, 5.41) is 3.54. The van der Waals surface area contributed by atoms with Crippen LogP contribution in [0.2, 0.25) is 0 Å². The topological polar surface area (TPSA) is 64.0 Å². The van der Waals surface area contributed by atoms with Gasteiger partial charge in [0.15, 0.2) is 5.16 Å². The molecule has 0 aliphatic heterocycles. The Balaban J connectivity index is 2.12. The molecule has 1 heterocycles. The maximum Gasteiger partial charge on any atom is 0.266 e. The summed E-state index contributed by atoms with van der Waals surface area (Å²) in [5.74, 6) is 0.390. The predicted molar refractivity (Wildman–Crippen MR) is 120 cm³/mol. The average molecular weight is 410 g/mol. The minimum atomic E-state index is -0.367. The zero-order chi connectivity index (χ0) is 21.0. The number of rotatable bonds is 7. The summed E-state index contributed by atoms with van der Waals surface area (Å²) in [7, 11) is 0. The Hall–Kier alpha value is -2.60. The van der Waals surface area contributed by atoms with Gasteiger partial charge in [-0.05, 0) is 56.0 Å². The van der Waals surface area contributed by atoms with Crippen LogP contribution in [0, 0.1) is 0 Å². The van der Waals surface area contributed by atoms with E-state index in [9.17, 15) is 9.59 Å². The molecule has 0 fully saturated rings. The van der Waals surface area contributed by atoms with E-state index in [0.29, 0.717) is 28.5 Å². The molecule has 2 atom stereocenters. The van der Waals surface area contributed by atoms with Crippen LogP contribution in [0.5, 0.6) is 0 Å². The molecular formula is C23H27N3O2S. The van der Waals surface area contributed by atoms with Crippen molar-refractivity contribution in [3.63, 3.8) is 0 Å². The van der Waals surface area contributed by atoms with Gasteiger partial charge in [-0.3, -0.25) is 14.2 Å². The molecule has 0 aliphatic rings. The van der Waals surface area contributed by atoms with Crippen LogP contribution in [0.15, 0.2) is 58.5 Å².